The largest absolute Gasteiger partial charge is 0.386 e. The lowest BCUT2D eigenvalue weighted by Gasteiger charge is -2.35. The van der Waals surface area contributed by atoms with Crippen LogP contribution >= 0.6 is 24.2 Å². The van der Waals surface area contributed by atoms with Crippen LogP contribution in [0.3, 0.4) is 0 Å². The quantitative estimate of drug-likeness (QED) is 0.113. The smallest absolute Gasteiger partial charge is 0.265 e. The summed E-state index contributed by atoms with van der Waals surface area (Å²) in [4.78, 5) is 17.9. The van der Waals surface area contributed by atoms with Gasteiger partial charge in [-0.2, -0.15) is 21.0 Å². The topological polar surface area (TPSA) is 105 Å². The van der Waals surface area contributed by atoms with Crippen LogP contribution in [-0.2, 0) is 26.9 Å². The Morgan fingerprint density at radius 2 is 1.81 bits per heavy atom. The molecular weight excluding hydrogens is 662 g/mol. The van der Waals surface area contributed by atoms with Crippen LogP contribution in [0.5, 0.6) is 0 Å². The molecule has 0 spiro atoms. The number of aromatic nitrogens is 1. The Bertz CT molecular complexity index is 2030. The second kappa shape index (κ2) is 12.7. The van der Waals surface area contributed by atoms with E-state index in [-0.39, 0.29) is 22.9 Å². The molecule has 2 aliphatic rings. The molecule has 2 saturated carbocycles. The molecule has 252 valence electrons. The van der Waals surface area contributed by atoms with Gasteiger partial charge in [0.1, 0.15) is 5.78 Å². The Morgan fingerprint density at radius 3 is 2.54 bits per heavy atom. The normalized spacial score (nSPS) is 23.0. The molecule has 6 rings (SSSR count). The second-order valence-electron chi connectivity index (χ2n) is 14.7. The summed E-state index contributed by atoms with van der Waals surface area (Å²) < 4.78 is 33.9. The molecule has 2 N–H and O–H groups in total. The van der Waals surface area contributed by atoms with Gasteiger partial charge in [-0.3, -0.25) is 9.35 Å². The minimum absolute atomic E-state index is 0.0293. The molecule has 2 bridgehead atoms. The van der Waals surface area contributed by atoms with Crippen LogP contribution < -0.4 is 0 Å². The Kier molecular flexibility index (Phi) is 9.22. The lowest BCUT2D eigenvalue weighted by molar-refractivity contribution is -0.128. The molecule has 0 amide bonds. The predicted octanol–water partition coefficient (Wildman–Crippen LogP) is 8.87. The highest BCUT2D eigenvalue weighted by atomic mass is 35.5. The van der Waals surface area contributed by atoms with Crippen molar-refractivity contribution in [1.82, 2.24) is 4.98 Å². The van der Waals surface area contributed by atoms with Gasteiger partial charge in [0.05, 0.1) is 28.0 Å². The Morgan fingerprint density at radius 1 is 1.06 bits per heavy atom. The molecule has 2 fully saturated rings. The average Bonchev–Trinajstić information content (AvgIpc) is 3.33. The summed E-state index contributed by atoms with van der Waals surface area (Å²) in [7, 11) is -4.34. The number of aryl methyl sites for hydroxylation is 1. The summed E-state index contributed by atoms with van der Waals surface area (Å²) in [5.41, 5.74) is 3.92. The number of rotatable bonds is 10. The number of halogens is 1. The molecule has 48 heavy (non-hydrogen) atoms. The number of fused-ring (bicyclic) bond motifs is 3. The Labute approximate surface area is 293 Å². The van der Waals surface area contributed by atoms with Crippen LogP contribution in [-0.4, -0.2) is 34.6 Å². The number of nitrogens with zero attached hydrogens (tertiary/aromatic N) is 1. The fourth-order valence-electron chi connectivity index (χ4n) is 8.25. The van der Waals surface area contributed by atoms with Crippen LogP contribution in [0, 0.1) is 16.7 Å². The summed E-state index contributed by atoms with van der Waals surface area (Å²) >= 11 is 11.2. The van der Waals surface area contributed by atoms with E-state index in [1.54, 1.807) is 13.8 Å². The number of aliphatic hydroxyl groups is 1. The molecule has 0 saturated heterocycles. The minimum Gasteiger partial charge on any atom is -0.386 e. The highest BCUT2D eigenvalue weighted by Gasteiger charge is 2.68. The van der Waals surface area contributed by atoms with Crippen LogP contribution in [0.4, 0.5) is 0 Å². The SMILES string of the molecule is CC(C)(O)c1ccc(C2CC3(CS(=O)(=O)O)C(=O)CC2C3(C)C)cc1CCC(S)c1cccc(C=Cc2ccc3ccc(Cl)cc3n2)c1. The molecule has 1 heterocycles. The summed E-state index contributed by atoms with van der Waals surface area (Å²) in [6, 6.07) is 24.1. The molecule has 4 aromatic rings. The van der Waals surface area contributed by atoms with Crippen molar-refractivity contribution in [2.24, 2.45) is 16.7 Å². The van der Waals surface area contributed by atoms with Crippen molar-refractivity contribution in [2.45, 2.75) is 70.1 Å². The number of Topliss-reactive ketones (excluding diaryl/α,β-unsaturated/α-hetero) is 1. The zero-order chi connectivity index (χ0) is 34.6. The summed E-state index contributed by atoms with van der Waals surface area (Å²) in [6.45, 7) is 7.48. The lowest BCUT2D eigenvalue weighted by Crippen LogP contribution is -2.42. The van der Waals surface area contributed by atoms with Crippen LogP contribution in [0.2, 0.25) is 5.02 Å². The van der Waals surface area contributed by atoms with Gasteiger partial charge in [-0.05, 0) is 102 Å². The number of hydrogen-bond donors (Lipinski definition) is 3. The standard InChI is InChI=1S/C39H42ClNO5S2/c1-37(2)33-21-36(42)39(37,23-48(44,45)46)22-31(33)26-11-16-32(38(3,4)43)27(19-26)12-17-35(47)28-7-5-6-24(18-28)8-14-30-15-10-25-9-13-29(40)20-34(25)41-30/h5-11,13-16,18-20,31,33,35,43,47H,12,17,21-23H2,1-4H3,(H,44,45,46). The number of benzene rings is 3. The third-order valence-electron chi connectivity index (χ3n) is 10.9. The fraction of sp³-hybridized carbons (Fsp3) is 0.385. The van der Waals surface area contributed by atoms with Gasteiger partial charge in [0.25, 0.3) is 10.1 Å². The summed E-state index contributed by atoms with van der Waals surface area (Å²) in [5.74, 6) is -0.688. The van der Waals surface area contributed by atoms with Crippen molar-refractivity contribution < 1.29 is 22.9 Å². The third-order valence-corrected chi connectivity index (χ3v) is 12.6. The first-order valence-corrected chi connectivity index (χ1v) is 18.8. The first-order valence-electron chi connectivity index (χ1n) is 16.3. The maximum absolute atomic E-state index is 13.2. The van der Waals surface area contributed by atoms with E-state index in [1.165, 1.54) is 0 Å². The van der Waals surface area contributed by atoms with Gasteiger partial charge < -0.3 is 5.11 Å². The van der Waals surface area contributed by atoms with Gasteiger partial charge in [0, 0.05) is 22.1 Å². The van der Waals surface area contributed by atoms with E-state index >= 15 is 0 Å². The van der Waals surface area contributed by atoms with E-state index < -0.39 is 32.3 Å². The van der Waals surface area contributed by atoms with Crippen molar-refractivity contribution in [3.05, 3.63) is 111 Å². The van der Waals surface area contributed by atoms with E-state index in [9.17, 15) is 22.9 Å². The summed E-state index contributed by atoms with van der Waals surface area (Å²) in [5, 5.41) is 12.7. The number of pyridine rings is 1. The molecule has 0 aliphatic heterocycles. The fourth-order valence-corrected chi connectivity index (χ4v) is 9.98. The molecule has 9 heteroatoms. The number of carbonyl (C=O) groups excluding carboxylic acids is 1. The van der Waals surface area contributed by atoms with Gasteiger partial charge in [-0.15, -0.1) is 0 Å². The predicted molar refractivity (Wildman–Crippen MR) is 197 cm³/mol. The molecule has 6 nitrogen and oxygen atoms in total. The molecule has 2 aliphatic carbocycles. The van der Waals surface area contributed by atoms with E-state index in [0.717, 1.165) is 50.8 Å². The third kappa shape index (κ3) is 6.75. The molecule has 0 radical (unpaired) electrons. The molecule has 4 unspecified atom stereocenters. The Balaban J connectivity index is 1.21. The van der Waals surface area contributed by atoms with E-state index in [0.29, 0.717) is 24.3 Å². The first-order chi connectivity index (χ1) is 22.5. The van der Waals surface area contributed by atoms with Crippen molar-refractivity contribution in [3.63, 3.8) is 0 Å². The molecule has 4 atom stereocenters. The molecule has 3 aromatic carbocycles. The van der Waals surface area contributed by atoms with Crippen molar-refractivity contribution >= 4 is 63.2 Å². The number of ketones is 1. The van der Waals surface area contributed by atoms with Gasteiger partial charge in [0.2, 0.25) is 0 Å². The van der Waals surface area contributed by atoms with Crippen LogP contribution in [0.25, 0.3) is 23.1 Å². The van der Waals surface area contributed by atoms with Crippen LogP contribution in [0.1, 0.15) is 91.6 Å². The number of carbonyl (C=O) groups is 1. The summed E-state index contributed by atoms with van der Waals surface area (Å²) in [6.07, 6.45) is 6.09. The van der Waals surface area contributed by atoms with Crippen molar-refractivity contribution in [1.29, 1.82) is 0 Å². The van der Waals surface area contributed by atoms with Gasteiger partial charge >= 0.3 is 0 Å². The zero-order valence-electron chi connectivity index (χ0n) is 27.7. The monoisotopic (exact) mass is 703 g/mol. The number of thiol groups is 1. The maximum Gasteiger partial charge on any atom is 0.265 e. The zero-order valence-corrected chi connectivity index (χ0v) is 30.1. The second-order valence-corrected chi connectivity index (χ2v) is 17.2. The lowest BCUT2D eigenvalue weighted by atomic mass is 9.70. The highest BCUT2D eigenvalue weighted by Crippen LogP contribution is 2.69. The van der Waals surface area contributed by atoms with Crippen molar-refractivity contribution in [3.8, 4) is 0 Å². The van der Waals surface area contributed by atoms with Gasteiger partial charge in [-0.1, -0.05) is 86.1 Å². The molecular formula is C39H42ClNO5S2. The number of hydrogen-bond acceptors (Lipinski definition) is 6. The van der Waals surface area contributed by atoms with E-state index in [4.69, 9.17) is 29.2 Å². The van der Waals surface area contributed by atoms with Crippen LogP contribution in [0.15, 0.2) is 72.8 Å². The maximum atomic E-state index is 13.2. The minimum atomic E-state index is -4.34. The Hall–Kier alpha value is -3.01. The van der Waals surface area contributed by atoms with E-state index in [1.807, 2.05) is 80.6 Å². The molecule has 1 aromatic heterocycles. The first kappa shape index (κ1) is 34.8. The van der Waals surface area contributed by atoms with Gasteiger partial charge in [-0.25, -0.2) is 4.98 Å². The highest BCUT2D eigenvalue weighted by molar-refractivity contribution is 7.85. The van der Waals surface area contributed by atoms with Crippen molar-refractivity contribution in [2.75, 3.05) is 5.75 Å². The van der Waals surface area contributed by atoms with E-state index in [2.05, 4.69) is 18.2 Å². The average molecular weight is 704 g/mol. The van der Waals surface area contributed by atoms with Gasteiger partial charge in [0.15, 0.2) is 0 Å².